The smallest absolute Gasteiger partial charge is 0.240 e. The molecule has 0 aliphatic heterocycles. The van der Waals surface area contributed by atoms with Crippen LogP contribution in [0.4, 0.5) is 5.69 Å². The molecule has 0 fully saturated rings. The fourth-order valence-corrected chi connectivity index (χ4v) is 1.86. The van der Waals surface area contributed by atoms with Gasteiger partial charge in [0.1, 0.15) is 6.54 Å². The Balaban J connectivity index is 1.68. The third-order valence-electron chi connectivity index (χ3n) is 3.00. The maximum Gasteiger partial charge on any atom is 0.240 e. The first-order valence-electron chi connectivity index (χ1n) is 6.90. The highest BCUT2D eigenvalue weighted by Crippen LogP contribution is 2.09. The van der Waals surface area contributed by atoms with Crippen LogP contribution in [0.1, 0.15) is 16.7 Å². The number of carbonyl (C=O) groups is 1. The van der Waals surface area contributed by atoms with Crippen LogP contribution in [0.15, 0.2) is 48.5 Å². The van der Waals surface area contributed by atoms with Crippen LogP contribution in [0, 0.1) is 13.8 Å². The largest absolute Gasteiger partial charge is 0.325 e. The number of hydrogen-bond donors (Lipinski definition) is 2. The third kappa shape index (κ3) is 5.38. The number of nitrogens with one attached hydrogen (secondary N) is 2. The standard InChI is InChI=1S/C17H20N2O2/c1-13-6-8-15(9-7-13)12-21-18-11-17(20)19-16-5-3-4-14(2)10-16/h3-10,18H,11-12H2,1-2H3,(H,19,20). The summed E-state index contributed by atoms with van der Waals surface area (Å²) in [6.45, 7) is 4.56. The number of hydrogen-bond acceptors (Lipinski definition) is 3. The molecule has 2 aromatic rings. The van der Waals surface area contributed by atoms with Gasteiger partial charge in [-0.3, -0.25) is 9.63 Å². The highest BCUT2D eigenvalue weighted by molar-refractivity contribution is 5.92. The summed E-state index contributed by atoms with van der Waals surface area (Å²) < 4.78 is 0. The Kier molecular flexibility index (Phi) is 5.49. The van der Waals surface area contributed by atoms with E-state index >= 15 is 0 Å². The van der Waals surface area contributed by atoms with Crippen molar-refractivity contribution in [1.29, 1.82) is 0 Å². The van der Waals surface area contributed by atoms with Crippen molar-refractivity contribution in [3.8, 4) is 0 Å². The second-order valence-corrected chi connectivity index (χ2v) is 5.01. The predicted octanol–water partition coefficient (Wildman–Crippen LogP) is 2.96. The third-order valence-corrected chi connectivity index (χ3v) is 3.00. The molecule has 2 rings (SSSR count). The van der Waals surface area contributed by atoms with Crippen LogP contribution in [-0.2, 0) is 16.2 Å². The lowest BCUT2D eigenvalue weighted by Gasteiger charge is -2.08. The minimum Gasteiger partial charge on any atom is -0.325 e. The highest BCUT2D eigenvalue weighted by Gasteiger charge is 2.02. The van der Waals surface area contributed by atoms with Crippen molar-refractivity contribution in [3.63, 3.8) is 0 Å². The van der Waals surface area contributed by atoms with E-state index in [1.165, 1.54) is 5.56 Å². The molecule has 0 heterocycles. The molecule has 21 heavy (non-hydrogen) atoms. The molecule has 0 aromatic heterocycles. The molecule has 2 aromatic carbocycles. The van der Waals surface area contributed by atoms with Crippen LogP contribution in [-0.4, -0.2) is 12.5 Å². The Morgan fingerprint density at radius 2 is 1.81 bits per heavy atom. The van der Waals surface area contributed by atoms with Gasteiger partial charge in [-0.15, -0.1) is 0 Å². The molecule has 0 saturated heterocycles. The van der Waals surface area contributed by atoms with Gasteiger partial charge in [0.05, 0.1) is 6.61 Å². The van der Waals surface area contributed by atoms with E-state index in [0.29, 0.717) is 6.61 Å². The Morgan fingerprint density at radius 1 is 1.05 bits per heavy atom. The number of hydroxylamine groups is 1. The van der Waals surface area contributed by atoms with E-state index in [1.807, 2.05) is 62.4 Å². The number of benzene rings is 2. The topological polar surface area (TPSA) is 50.4 Å². The maximum absolute atomic E-state index is 11.7. The summed E-state index contributed by atoms with van der Waals surface area (Å²) in [5.41, 5.74) is 6.85. The number of amides is 1. The van der Waals surface area contributed by atoms with Crippen molar-refractivity contribution in [2.24, 2.45) is 0 Å². The summed E-state index contributed by atoms with van der Waals surface area (Å²) in [6.07, 6.45) is 0. The van der Waals surface area contributed by atoms with Gasteiger partial charge >= 0.3 is 0 Å². The summed E-state index contributed by atoms with van der Waals surface area (Å²) >= 11 is 0. The maximum atomic E-state index is 11.7. The Hall–Kier alpha value is -2.17. The zero-order valence-corrected chi connectivity index (χ0v) is 12.3. The van der Waals surface area contributed by atoms with Crippen molar-refractivity contribution in [1.82, 2.24) is 5.48 Å². The zero-order chi connectivity index (χ0) is 15.1. The van der Waals surface area contributed by atoms with E-state index in [0.717, 1.165) is 16.8 Å². The van der Waals surface area contributed by atoms with Gasteiger partial charge in [-0.1, -0.05) is 42.0 Å². The molecule has 0 aliphatic rings. The molecule has 0 spiro atoms. The van der Waals surface area contributed by atoms with Gasteiger partial charge in [0.25, 0.3) is 0 Å². The molecule has 0 radical (unpaired) electrons. The molecule has 0 aliphatic carbocycles. The molecule has 110 valence electrons. The van der Waals surface area contributed by atoms with E-state index in [9.17, 15) is 4.79 Å². The summed E-state index contributed by atoms with van der Waals surface area (Å²) in [6, 6.07) is 15.7. The molecular weight excluding hydrogens is 264 g/mol. The molecule has 0 saturated carbocycles. The first kappa shape index (κ1) is 15.2. The van der Waals surface area contributed by atoms with Gasteiger partial charge in [-0.25, -0.2) is 0 Å². The first-order valence-corrected chi connectivity index (χ1v) is 6.90. The fourth-order valence-electron chi connectivity index (χ4n) is 1.86. The number of carbonyl (C=O) groups excluding carboxylic acids is 1. The van der Waals surface area contributed by atoms with E-state index in [1.54, 1.807) is 0 Å². The van der Waals surface area contributed by atoms with E-state index in [2.05, 4.69) is 10.8 Å². The van der Waals surface area contributed by atoms with Crippen LogP contribution in [0.3, 0.4) is 0 Å². The van der Waals surface area contributed by atoms with Gasteiger partial charge in [0.2, 0.25) is 5.91 Å². The number of anilines is 1. The molecular formula is C17H20N2O2. The lowest BCUT2D eigenvalue weighted by molar-refractivity contribution is -0.118. The molecule has 2 N–H and O–H groups in total. The Labute approximate surface area is 125 Å². The normalized spacial score (nSPS) is 10.4. The number of rotatable bonds is 6. The second kappa shape index (κ2) is 7.57. The van der Waals surface area contributed by atoms with Crippen LogP contribution in [0.25, 0.3) is 0 Å². The van der Waals surface area contributed by atoms with E-state index in [4.69, 9.17) is 4.84 Å². The van der Waals surface area contributed by atoms with Crippen LogP contribution < -0.4 is 10.8 Å². The van der Waals surface area contributed by atoms with Gasteiger partial charge in [0, 0.05) is 5.69 Å². The molecule has 0 bridgehead atoms. The minimum atomic E-state index is -0.135. The average molecular weight is 284 g/mol. The van der Waals surface area contributed by atoms with Crippen molar-refractivity contribution in [2.75, 3.05) is 11.9 Å². The SMILES string of the molecule is Cc1ccc(CONCC(=O)Nc2cccc(C)c2)cc1. The fraction of sp³-hybridized carbons (Fsp3) is 0.235. The summed E-state index contributed by atoms with van der Waals surface area (Å²) in [4.78, 5) is 17.0. The van der Waals surface area contributed by atoms with Crippen molar-refractivity contribution in [2.45, 2.75) is 20.5 Å². The quantitative estimate of drug-likeness (QED) is 0.633. The Bertz CT molecular complexity index is 594. The molecule has 4 heteroatoms. The van der Waals surface area contributed by atoms with Crippen molar-refractivity contribution >= 4 is 11.6 Å². The second-order valence-electron chi connectivity index (χ2n) is 5.01. The van der Waals surface area contributed by atoms with Gasteiger partial charge in [-0.2, -0.15) is 5.48 Å². The van der Waals surface area contributed by atoms with Crippen molar-refractivity contribution in [3.05, 3.63) is 65.2 Å². The molecule has 4 nitrogen and oxygen atoms in total. The Morgan fingerprint density at radius 3 is 2.52 bits per heavy atom. The zero-order valence-electron chi connectivity index (χ0n) is 12.3. The summed E-state index contributed by atoms with van der Waals surface area (Å²) in [7, 11) is 0. The highest BCUT2D eigenvalue weighted by atomic mass is 16.6. The lowest BCUT2D eigenvalue weighted by atomic mass is 10.2. The lowest BCUT2D eigenvalue weighted by Crippen LogP contribution is -2.28. The van der Waals surface area contributed by atoms with Gasteiger partial charge < -0.3 is 5.32 Å². The molecule has 1 amide bonds. The first-order chi connectivity index (χ1) is 10.1. The van der Waals surface area contributed by atoms with Crippen molar-refractivity contribution < 1.29 is 9.63 Å². The van der Waals surface area contributed by atoms with E-state index < -0.39 is 0 Å². The van der Waals surface area contributed by atoms with Gasteiger partial charge in [-0.05, 0) is 37.1 Å². The van der Waals surface area contributed by atoms with Crippen LogP contribution in [0.5, 0.6) is 0 Å². The van der Waals surface area contributed by atoms with Gasteiger partial charge in [0.15, 0.2) is 0 Å². The summed E-state index contributed by atoms with van der Waals surface area (Å²) in [5.74, 6) is -0.135. The summed E-state index contributed by atoms with van der Waals surface area (Å²) in [5, 5.41) is 2.81. The number of aryl methyl sites for hydroxylation is 2. The molecule has 0 unspecified atom stereocenters. The monoisotopic (exact) mass is 284 g/mol. The molecule has 0 atom stereocenters. The predicted molar refractivity (Wildman–Crippen MR) is 83.8 cm³/mol. The van der Waals surface area contributed by atoms with Crippen LogP contribution in [0.2, 0.25) is 0 Å². The average Bonchev–Trinajstić information content (AvgIpc) is 2.45. The van der Waals surface area contributed by atoms with E-state index in [-0.39, 0.29) is 12.5 Å². The minimum absolute atomic E-state index is 0.111. The van der Waals surface area contributed by atoms with Crippen LogP contribution >= 0.6 is 0 Å².